The maximum Gasteiger partial charge on any atom is 0.179 e. The van der Waals surface area contributed by atoms with Gasteiger partial charge in [0.15, 0.2) is 5.65 Å². The van der Waals surface area contributed by atoms with Crippen LogP contribution in [0, 0.1) is 0 Å². The number of nitrogens with one attached hydrogen (secondary N) is 1. The van der Waals surface area contributed by atoms with Gasteiger partial charge in [-0.3, -0.25) is 0 Å². The van der Waals surface area contributed by atoms with Gasteiger partial charge in [0.2, 0.25) is 0 Å². The second kappa shape index (κ2) is 5.14. The summed E-state index contributed by atoms with van der Waals surface area (Å²) in [5.74, 6) is 1.93. The van der Waals surface area contributed by atoms with E-state index in [9.17, 15) is 0 Å². The Bertz CT molecular complexity index is 489. The summed E-state index contributed by atoms with van der Waals surface area (Å²) >= 11 is 0. The highest BCUT2D eigenvalue weighted by Crippen LogP contribution is 2.15. The van der Waals surface area contributed by atoms with Crippen LogP contribution >= 0.6 is 0 Å². The fraction of sp³-hybridized carbons (Fsp3) is 0.500. The molecule has 0 radical (unpaired) electrons. The second-order valence-electron chi connectivity index (χ2n) is 4.36. The second-order valence-corrected chi connectivity index (χ2v) is 4.36. The molecule has 0 aliphatic rings. The highest BCUT2D eigenvalue weighted by Gasteiger charge is 2.05. The van der Waals surface area contributed by atoms with E-state index in [1.165, 1.54) is 0 Å². The van der Waals surface area contributed by atoms with E-state index >= 15 is 0 Å². The number of H-pyrrole nitrogens is 1. The summed E-state index contributed by atoms with van der Waals surface area (Å²) in [4.78, 5) is 14.2. The van der Waals surface area contributed by atoms with Crippen LogP contribution in [-0.2, 0) is 6.42 Å². The number of imidazole rings is 1. The van der Waals surface area contributed by atoms with E-state index < -0.39 is 0 Å². The molecule has 0 unspecified atom stereocenters. The normalized spacial score (nSPS) is 11.0. The molecule has 5 nitrogen and oxygen atoms in total. The number of aromatic nitrogens is 3. The minimum absolute atomic E-state index is 0.739. The number of rotatable bonds is 5. The SMILES string of the molecule is CN(C)c1ccc2[nH]c(CCCCN)nc2n1. The van der Waals surface area contributed by atoms with Crippen LogP contribution in [-0.4, -0.2) is 35.6 Å². The molecule has 3 N–H and O–H groups in total. The van der Waals surface area contributed by atoms with Gasteiger partial charge in [-0.05, 0) is 31.5 Å². The first kappa shape index (κ1) is 11.9. The number of pyridine rings is 1. The van der Waals surface area contributed by atoms with E-state index in [-0.39, 0.29) is 0 Å². The Labute approximate surface area is 101 Å². The molecule has 92 valence electrons. The standard InChI is InChI=1S/C12H19N5/c1-17(2)11-7-6-9-12(16-11)15-10(14-9)5-3-4-8-13/h6-7H,3-5,8,13H2,1-2H3,(H,14,15,16). The van der Waals surface area contributed by atoms with Crippen molar-refractivity contribution in [3.63, 3.8) is 0 Å². The molecule has 17 heavy (non-hydrogen) atoms. The molecule has 0 aromatic carbocycles. The molecule has 2 aromatic rings. The Morgan fingerprint density at radius 1 is 1.24 bits per heavy atom. The predicted molar refractivity (Wildman–Crippen MR) is 70.2 cm³/mol. The molecule has 0 saturated carbocycles. The Morgan fingerprint density at radius 3 is 2.76 bits per heavy atom. The minimum Gasteiger partial charge on any atom is -0.363 e. The molecule has 0 atom stereocenters. The van der Waals surface area contributed by atoms with Crippen molar-refractivity contribution < 1.29 is 0 Å². The lowest BCUT2D eigenvalue weighted by molar-refractivity contribution is 0.724. The number of aryl methyl sites for hydroxylation is 1. The third kappa shape index (κ3) is 2.74. The predicted octanol–water partition coefficient (Wildman–Crippen LogP) is 1.31. The molecule has 0 aliphatic carbocycles. The summed E-state index contributed by atoms with van der Waals surface area (Å²) in [5, 5.41) is 0. The van der Waals surface area contributed by atoms with E-state index in [0.717, 1.165) is 48.6 Å². The molecule has 0 aliphatic heterocycles. The van der Waals surface area contributed by atoms with Gasteiger partial charge in [-0.2, -0.15) is 0 Å². The van der Waals surface area contributed by atoms with Crippen LogP contribution in [0.1, 0.15) is 18.7 Å². The average molecular weight is 233 g/mol. The largest absolute Gasteiger partial charge is 0.363 e. The molecule has 0 amide bonds. The van der Waals surface area contributed by atoms with Crippen molar-refractivity contribution >= 4 is 17.0 Å². The van der Waals surface area contributed by atoms with E-state index in [0.29, 0.717) is 0 Å². The van der Waals surface area contributed by atoms with Crippen LogP contribution in [0.25, 0.3) is 11.2 Å². The Balaban J connectivity index is 2.18. The Kier molecular flexibility index (Phi) is 3.58. The zero-order valence-corrected chi connectivity index (χ0v) is 10.4. The first-order valence-electron chi connectivity index (χ1n) is 5.93. The van der Waals surface area contributed by atoms with Gasteiger partial charge in [0.25, 0.3) is 0 Å². The fourth-order valence-electron chi connectivity index (χ4n) is 1.74. The molecular weight excluding hydrogens is 214 g/mol. The number of hydrogen-bond donors (Lipinski definition) is 2. The van der Waals surface area contributed by atoms with Gasteiger partial charge in [-0.1, -0.05) is 0 Å². The van der Waals surface area contributed by atoms with Crippen molar-refractivity contribution in [2.45, 2.75) is 19.3 Å². The molecule has 5 heteroatoms. The summed E-state index contributed by atoms with van der Waals surface area (Å²) in [6.45, 7) is 0.739. The van der Waals surface area contributed by atoms with Crippen LogP contribution in [0.3, 0.4) is 0 Å². The monoisotopic (exact) mass is 233 g/mol. The third-order valence-corrected chi connectivity index (χ3v) is 2.71. The minimum atomic E-state index is 0.739. The quantitative estimate of drug-likeness (QED) is 0.764. The first-order valence-corrected chi connectivity index (χ1v) is 5.93. The van der Waals surface area contributed by atoms with Crippen LogP contribution in [0.5, 0.6) is 0 Å². The number of hydrogen-bond acceptors (Lipinski definition) is 4. The molecule has 2 aromatic heterocycles. The topological polar surface area (TPSA) is 70.8 Å². The van der Waals surface area contributed by atoms with Gasteiger partial charge in [0.05, 0.1) is 5.52 Å². The van der Waals surface area contributed by atoms with E-state index in [1.807, 2.05) is 31.1 Å². The fourth-order valence-corrected chi connectivity index (χ4v) is 1.74. The smallest absolute Gasteiger partial charge is 0.179 e. The van der Waals surface area contributed by atoms with Crippen LogP contribution < -0.4 is 10.6 Å². The van der Waals surface area contributed by atoms with E-state index in [4.69, 9.17) is 5.73 Å². The van der Waals surface area contributed by atoms with E-state index in [1.54, 1.807) is 0 Å². The molecule has 0 spiro atoms. The zero-order valence-electron chi connectivity index (χ0n) is 10.4. The van der Waals surface area contributed by atoms with Gasteiger partial charge in [0.1, 0.15) is 11.6 Å². The van der Waals surface area contributed by atoms with Crippen LogP contribution in [0.4, 0.5) is 5.82 Å². The number of fused-ring (bicyclic) bond motifs is 1. The van der Waals surface area contributed by atoms with Gasteiger partial charge >= 0.3 is 0 Å². The number of nitrogens with zero attached hydrogens (tertiary/aromatic N) is 3. The Hall–Kier alpha value is -1.62. The van der Waals surface area contributed by atoms with Crippen LogP contribution in [0.15, 0.2) is 12.1 Å². The Morgan fingerprint density at radius 2 is 2.06 bits per heavy atom. The molecule has 0 fully saturated rings. The van der Waals surface area contributed by atoms with Gasteiger partial charge in [0, 0.05) is 20.5 Å². The molecular formula is C12H19N5. The maximum atomic E-state index is 5.47. The van der Waals surface area contributed by atoms with Crippen molar-refractivity contribution in [2.75, 3.05) is 25.5 Å². The lowest BCUT2D eigenvalue weighted by atomic mass is 10.2. The summed E-state index contributed by atoms with van der Waals surface area (Å²) in [6, 6.07) is 4.02. The van der Waals surface area contributed by atoms with Crippen molar-refractivity contribution in [2.24, 2.45) is 5.73 Å². The van der Waals surface area contributed by atoms with E-state index in [2.05, 4.69) is 15.0 Å². The lowest BCUT2D eigenvalue weighted by Gasteiger charge is -2.09. The molecule has 2 heterocycles. The molecule has 2 rings (SSSR count). The number of aromatic amines is 1. The number of anilines is 1. The van der Waals surface area contributed by atoms with Gasteiger partial charge in [-0.15, -0.1) is 0 Å². The van der Waals surface area contributed by atoms with Gasteiger partial charge in [-0.25, -0.2) is 9.97 Å². The lowest BCUT2D eigenvalue weighted by Crippen LogP contribution is -2.10. The zero-order chi connectivity index (χ0) is 12.3. The van der Waals surface area contributed by atoms with Crippen molar-refractivity contribution in [3.05, 3.63) is 18.0 Å². The third-order valence-electron chi connectivity index (χ3n) is 2.71. The maximum absolute atomic E-state index is 5.47. The molecule has 0 saturated heterocycles. The van der Waals surface area contributed by atoms with Crippen LogP contribution in [0.2, 0.25) is 0 Å². The van der Waals surface area contributed by atoms with Crippen molar-refractivity contribution in [3.8, 4) is 0 Å². The number of unbranched alkanes of at least 4 members (excludes halogenated alkanes) is 1. The first-order chi connectivity index (χ1) is 8.20. The average Bonchev–Trinajstić information content (AvgIpc) is 2.70. The summed E-state index contributed by atoms with van der Waals surface area (Å²) < 4.78 is 0. The number of nitrogens with two attached hydrogens (primary N) is 1. The summed E-state index contributed by atoms with van der Waals surface area (Å²) in [7, 11) is 3.95. The highest BCUT2D eigenvalue weighted by atomic mass is 15.1. The van der Waals surface area contributed by atoms with Gasteiger partial charge < -0.3 is 15.6 Å². The highest BCUT2D eigenvalue weighted by molar-refractivity contribution is 5.73. The summed E-state index contributed by atoms with van der Waals surface area (Å²) in [5.41, 5.74) is 7.26. The summed E-state index contributed by atoms with van der Waals surface area (Å²) in [6.07, 6.45) is 3.04. The van der Waals surface area contributed by atoms with Crippen molar-refractivity contribution in [1.29, 1.82) is 0 Å². The molecule has 0 bridgehead atoms. The van der Waals surface area contributed by atoms with Crippen molar-refractivity contribution in [1.82, 2.24) is 15.0 Å².